The SMILES string of the molecule is CC[C@@H](NC(=O)COC(=O)[C@@H]1CCCN1C(=O)[C@@H](Cc1ccccc1)[C@@H](CSc1ccccc1)NC(C)=O)[C@H](C)C(=O)NC. The Morgan fingerprint density at radius 1 is 0.977 bits per heavy atom. The first-order valence-corrected chi connectivity index (χ1v) is 16.1. The number of ether oxygens (including phenoxy) is 1. The summed E-state index contributed by atoms with van der Waals surface area (Å²) in [4.78, 5) is 66.9. The summed E-state index contributed by atoms with van der Waals surface area (Å²) in [6, 6.07) is 17.6. The van der Waals surface area contributed by atoms with E-state index in [2.05, 4.69) is 16.0 Å². The molecule has 11 heteroatoms. The van der Waals surface area contributed by atoms with Gasteiger partial charge in [-0.15, -0.1) is 11.8 Å². The third-order valence-corrected chi connectivity index (χ3v) is 9.00. The van der Waals surface area contributed by atoms with Crippen molar-refractivity contribution in [1.82, 2.24) is 20.9 Å². The summed E-state index contributed by atoms with van der Waals surface area (Å²) in [5.41, 5.74) is 0.942. The molecule has 0 radical (unpaired) electrons. The molecule has 0 aliphatic carbocycles. The molecule has 1 saturated heterocycles. The molecule has 1 fully saturated rings. The number of hydrogen-bond donors (Lipinski definition) is 3. The number of nitrogens with one attached hydrogen (secondary N) is 3. The number of likely N-dealkylation sites (tertiary alicyclic amines) is 1. The minimum atomic E-state index is -0.833. The van der Waals surface area contributed by atoms with Gasteiger partial charge in [-0.1, -0.05) is 62.4 Å². The van der Waals surface area contributed by atoms with Gasteiger partial charge in [-0.3, -0.25) is 19.2 Å². The molecule has 1 aliphatic heterocycles. The number of rotatable bonds is 15. The number of esters is 1. The van der Waals surface area contributed by atoms with E-state index in [0.29, 0.717) is 38.0 Å². The molecule has 0 spiro atoms. The highest BCUT2D eigenvalue weighted by Gasteiger charge is 2.41. The molecular formula is C33H44N4O6S. The fraction of sp³-hybridized carbons (Fsp3) is 0.485. The second kappa shape index (κ2) is 17.4. The average molecular weight is 625 g/mol. The van der Waals surface area contributed by atoms with Crippen molar-refractivity contribution in [2.45, 2.75) is 69.5 Å². The van der Waals surface area contributed by atoms with Gasteiger partial charge in [0.05, 0.1) is 17.9 Å². The predicted octanol–water partition coefficient (Wildman–Crippen LogP) is 2.95. The molecule has 238 valence electrons. The lowest BCUT2D eigenvalue weighted by atomic mass is 9.91. The molecule has 4 amide bonds. The molecule has 10 nitrogen and oxygen atoms in total. The first kappa shape index (κ1) is 34.6. The third kappa shape index (κ3) is 10.1. The first-order valence-electron chi connectivity index (χ1n) is 15.1. The van der Waals surface area contributed by atoms with Gasteiger partial charge in [-0.25, -0.2) is 4.79 Å². The molecule has 44 heavy (non-hydrogen) atoms. The van der Waals surface area contributed by atoms with E-state index in [4.69, 9.17) is 4.74 Å². The lowest BCUT2D eigenvalue weighted by molar-refractivity contribution is -0.157. The van der Waals surface area contributed by atoms with Crippen molar-refractivity contribution < 1.29 is 28.7 Å². The van der Waals surface area contributed by atoms with Gasteiger partial charge in [-0.05, 0) is 43.4 Å². The summed E-state index contributed by atoms with van der Waals surface area (Å²) < 4.78 is 5.39. The summed E-state index contributed by atoms with van der Waals surface area (Å²) in [5.74, 6) is -2.46. The normalized spacial score (nSPS) is 17.1. The van der Waals surface area contributed by atoms with Crippen LogP contribution in [0.2, 0.25) is 0 Å². The lowest BCUT2D eigenvalue weighted by Gasteiger charge is -2.32. The van der Waals surface area contributed by atoms with Gasteiger partial charge in [0.15, 0.2) is 6.61 Å². The van der Waals surface area contributed by atoms with Gasteiger partial charge in [0, 0.05) is 37.2 Å². The molecule has 1 heterocycles. The van der Waals surface area contributed by atoms with E-state index in [1.54, 1.807) is 23.6 Å². The van der Waals surface area contributed by atoms with Crippen LogP contribution in [0.1, 0.15) is 45.6 Å². The molecule has 0 unspecified atom stereocenters. The number of amides is 4. The van der Waals surface area contributed by atoms with Crippen molar-refractivity contribution >= 4 is 41.4 Å². The van der Waals surface area contributed by atoms with Crippen molar-refractivity contribution in [2.24, 2.45) is 11.8 Å². The Kier molecular flexibility index (Phi) is 13.7. The van der Waals surface area contributed by atoms with Crippen LogP contribution >= 0.6 is 11.8 Å². The van der Waals surface area contributed by atoms with Crippen molar-refractivity contribution in [1.29, 1.82) is 0 Å². The topological polar surface area (TPSA) is 134 Å². The van der Waals surface area contributed by atoms with E-state index >= 15 is 0 Å². The highest BCUT2D eigenvalue weighted by molar-refractivity contribution is 7.99. The van der Waals surface area contributed by atoms with Gasteiger partial charge in [-0.2, -0.15) is 0 Å². The summed E-state index contributed by atoms with van der Waals surface area (Å²) in [6.07, 6.45) is 1.93. The second-order valence-electron chi connectivity index (χ2n) is 11.0. The monoisotopic (exact) mass is 624 g/mol. The number of carbonyl (C=O) groups excluding carboxylic acids is 5. The minimum Gasteiger partial charge on any atom is -0.454 e. The van der Waals surface area contributed by atoms with E-state index in [-0.39, 0.29) is 17.7 Å². The summed E-state index contributed by atoms with van der Waals surface area (Å²) in [5, 5.41) is 8.34. The lowest BCUT2D eigenvalue weighted by Crippen LogP contribution is -2.52. The molecular weight excluding hydrogens is 580 g/mol. The molecule has 5 atom stereocenters. The highest BCUT2D eigenvalue weighted by atomic mass is 32.2. The van der Waals surface area contributed by atoms with Gasteiger partial charge >= 0.3 is 5.97 Å². The van der Waals surface area contributed by atoms with E-state index < -0.39 is 48.4 Å². The summed E-state index contributed by atoms with van der Waals surface area (Å²) in [7, 11) is 1.54. The van der Waals surface area contributed by atoms with E-state index in [1.165, 1.54) is 14.0 Å². The van der Waals surface area contributed by atoms with Crippen molar-refractivity contribution in [3.8, 4) is 0 Å². The van der Waals surface area contributed by atoms with Crippen LogP contribution in [0, 0.1) is 11.8 Å². The Morgan fingerprint density at radius 3 is 2.25 bits per heavy atom. The molecule has 0 aromatic heterocycles. The van der Waals surface area contributed by atoms with Crippen LogP contribution in [0.5, 0.6) is 0 Å². The van der Waals surface area contributed by atoms with Gasteiger partial charge in [0.1, 0.15) is 6.04 Å². The number of thioether (sulfide) groups is 1. The summed E-state index contributed by atoms with van der Waals surface area (Å²) in [6.45, 7) is 4.88. The Balaban J connectivity index is 1.74. The number of hydrogen-bond acceptors (Lipinski definition) is 7. The Bertz CT molecular complexity index is 1260. The standard InChI is InChI=1S/C33H44N4O6S/c1-5-27(22(2)31(40)34-4)36-30(39)20-43-33(42)29-17-12-18-37(29)32(41)26(19-24-13-8-6-9-14-24)28(35-23(3)38)21-44-25-15-10-7-11-16-25/h6-11,13-16,22,26-29H,5,12,17-21H2,1-4H3,(H,34,40)(H,35,38)(H,36,39)/t22-,26-,27+,28+,29-/m0/s1. The third-order valence-electron chi connectivity index (χ3n) is 7.87. The molecule has 2 aromatic carbocycles. The molecule has 3 rings (SSSR count). The van der Waals surface area contributed by atoms with Crippen LogP contribution in [0.4, 0.5) is 0 Å². The van der Waals surface area contributed by atoms with Crippen LogP contribution in [-0.2, 0) is 35.1 Å². The maximum Gasteiger partial charge on any atom is 0.329 e. The van der Waals surface area contributed by atoms with Crippen molar-refractivity contribution in [3.05, 3.63) is 66.2 Å². The summed E-state index contributed by atoms with van der Waals surface area (Å²) >= 11 is 1.55. The van der Waals surface area contributed by atoms with Crippen LogP contribution in [0.25, 0.3) is 0 Å². The zero-order valence-electron chi connectivity index (χ0n) is 25.9. The average Bonchev–Trinajstić information content (AvgIpc) is 3.53. The number of benzene rings is 2. The van der Waals surface area contributed by atoms with E-state index in [9.17, 15) is 24.0 Å². The molecule has 0 bridgehead atoms. The molecule has 1 aliphatic rings. The van der Waals surface area contributed by atoms with Crippen molar-refractivity contribution in [3.63, 3.8) is 0 Å². The zero-order valence-corrected chi connectivity index (χ0v) is 26.7. The maximum atomic E-state index is 14.2. The Labute approximate surface area is 264 Å². The molecule has 3 N–H and O–H groups in total. The largest absolute Gasteiger partial charge is 0.454 e. The fourth-order valence-electron chi connectivity index (χ4n) is 5.45. The number of carbonyl (C=O) groups is 5. The fourth-order valence-corrected chi connectivity index (χ4v) is 6.49. The predicted molar refractivity (Wildman–Crippen MR) is 170 cm³/mol. The Hall–Kier alpha value is -3.86. The first-order chi connectivity index (χ1) is 21.1. The Morgan fingerprint density at radius 2 is 1.64 bits per heavy atom. The van der Waals surface area contributed by atoms with Gasteiger partial charge in [0.25, 0.3) is 5.91 Å². The van der Waals surface area contributed by atoms with Gasteiger partial charge < -0.3 is 25.6 Å². The van der Waals surface area contributed by atoms with Crippen LogP contribution in [0.15, 0.2) is 65.6 Å². The molecule has 0 saturated carbocycles. The van der Waals surface area contributed by atoms with Gasteiger partial charge in [0.2, 0.25) is 17.7 Å². The molecule has 2 aromatic rings. The van der Waals surface area contributed by atoms with Crippen LogP contribution in [-0.4, -0.2) is 78.6 Å². The quantitative estimate of drug-likeness (QED) is 0.205. The van der Waals surface area contributed by atoms with Crippen LogP contribution in [0.3, 0.4) is 0 Å². The maximum absolute atomic E-state index is 14.2. The van der Waals surface area contributed by atoms with E-state index in [1.807, 2.05) is 67.6 Å². The number of nitrogens with zero attached hydrogens (tertiary/aromatic N) is 1. The second-order valence-corrected chi connectivity index (χ2v) is 12.1. The van der Waals surface area contributed by atoms with Crippen molar-refractivity contribution in [2.75, 3.05) is 26.0 Å². The minimum absolute atomic E-state index is 0.195. The smallest absolute Gasteiger partial charge is 0.329 e. The van der Waals surface area contributed by atoms with E-state index in [0.717, 1.165) is 10.5 Å². The van der Waals surface area contributed by atoms with Crippen LogP contribution < -0.4 is 16.0 Å². The highest BCUT2D eigenvalue weighted by Crippen LogP contribution is 2.27. The zero-order chi connectivity index (χ0) is 32.1.